The van der Waals surface area contributed by atoms with Crippen LogP contribution < -0.4 is 10.1 Å². The number of carbonyl (C=O) groups is 2. The van der Waals surface area contributed by atoms with Gasteiger partial charge in [-0.1, -0.05) is 48.0 Å². The van der Waals surface area contributed by atoms with Crippen molar-refractivity contribution in [1.29, 1.82) is 0 Å². The van der Waals surface area contributed by atoms with Gasteiger partial charge in [-0.05, 0) is 36.1 Å². The third-order valence-corrected chi connectivity index (χ3v) is 4.62. The van der Waals surface area contributed by atoms with Crippen LogP contribution in [0.4, 0.5) is 0 Å². The molecular formula is C19H18ClNO4. The third kappa shape index (κ3) is 4.12. The van der Waals surface area contributed by atoms with Crippen molar-refractivity contribution in [3.05, 3.63) is 53.6 Å². The number of benzene rings is 2. The lowest BCUT2D eigenvalue weighted by Crippen LogP contribution is -2.36. The van der Waals surface area contributed by atoms with E-state index in [1.165, 1.54) is 0 Å². The Morgan fingerprint density at radius 2 is 1.84 bits per heavy atom. The molecule has 1 aliphatic carbocycles. The molecule has 0 saturated heterocycles. The Kier molecular flexibility index (Phi) is 4.95. The van der Waals surface area contributed by atoms with Crippen LogP contribution in [-0.4, -0.2) is 30.1 Å². The van der Waals surface area contributed by atoms with Gasteiger partial charge in [0.25, 0.3) is 5.91 Å². The number of aliphatic carboxylic acids is 1. The molecule has 6 heteroatoms. The maximum Gasteiger partial charge on any atom is 0.311 e. The van der Waals surface area contributed by atoms with Crippen molar-refractivity contribution in [2.45, 2.75) is 12.8 Å². The molecule has 3 rings (SSSR count). The number of ether oxygens (including phenoxy) is 1. The highest BCUT2D eigenvalue weighted by atomic mass is 35.5. The summed E-state index contributed by atoms with van der Waals surface area (Å²) < 4.78 is 5.44. The maximum atomic E-state index is 11.8. The second-order valence-electron chi connectivity index (χ2n) is 6.16. The van der Waals surface area contributed by atoms with Gasteiger partial charge >= 0.3 is 5.97 Å². The molecule has 0 unspecified atom stereocenters. The summed E-state index contributed by atoms with van der Waals surface area (Å²) in [5.41, 5.74) is 1.21. The second-order valence-corrected chi connectivity index (χ2v) is 6.57. The van der Waals surface area contributed by atoms with E-state index in [-0.39, 0.29) is 19.1 Å². The fraction of sp³-hybridized carbons (Fsp3) is 0.263. The highest BCUT2D eigenvalue weighted by molar-refractivity contribution is 6.32. The molecule has 0 aliphatic heterocycles. The van der Waals surface area contributed by atoms with Crippen molar-refractivity contribution in [3.63, 3.8) is 0 Å². The van der Waals surface area contributed by atoms with Crippen molar-refractivity contribution in [1.82, 2.24) is 5.32 Å². The number of hydrogen-bond donors (Lipinski definition) is 2. The van der Waals surface area contributed by atoms with Gasteiger partial charge in [0.1, 0.15) is 5.75 Å². The van der Waals surface area contributed by atoms with Crippen LogP contribution in [0.2, 0.25) is 5.02 Å². The summed E-state index contributed by atoms with van der Waals surface area (Å²) in [5.74, 6) is -0.820. The lowest BCUT2D eigenvalue weighted by molar-refractivity contribution is -0.143. The Labute approximate surface area is 150 Å². The number of halogens is 1. The minimum atomic E-state index is -0.867. The van der Waals surface area contributed by atoms with Gasteiger partial charge in [0.15, 0.2) is 6.61 Å². The van der Waals surface area contributed by atoms with Crippen LogP contribution in [0.5, 0.6) is 5.75 Å². The number of carboxylic acids is 1. The van der Waals surface area contributed by atoms with Gasteiger partial charge in [-0.25, -0.2) is 0 Å². The molecule has 0 atom stereocenters. The van der Waals surface area contributed by atoms with E-state index in [1.54, 1.807) is 12.1 Å². The number of rotatable bonds is 7. The zero-order chi connectivity index (χ0) is 17.9. The highest BCUT2D eigenvalue weighted by Crippen LogP contribution is 2.45. The van der Waals surface area contributed by atoms with Crippen molar-refractivity contribution in [3.8, 4) is 16.9 Å². The molecule has 0 heterocycles. The first-order chi connectivity index (χ1) is 12.0. The zero-order valence-electron chi connectivity index (χ0n) is 13.5. The number of amides is 1. The number of hydrogen-bond acceptors (Lipinski definition) is 3. The largest absolute Gasteiger partial charge is 0.482 e. The van der Waals surface area contributed by atoms with E-state index < -0.39 is 11.4 Å². The molecule has 0 aromatic heterocycles. The van der Waals surface area contributed by atoms with Crippen LogP contribution in [0.15, 0.2) is 48.5 Å². The Balaban J connectivity index is 1.55. The minimum absolute atomic E-state index is 0.130. The highest BCUT2D eigenvalue weighted by Gasteiger charge is 2.50. The van der Waals surface area contributed by atoms with Gasteiger partial charge in [-0.2, -0.15) is 0 Å². The third-order valence-electron chi connectivity index (χ3n) is 4.33. The topological polar surface area (TPSA) is 75.6 Å². The van der Waals surface area contributed by atoms with Crippen LogP contribution in [0, 0.1) is 5.41 Å². The van der Waals surface area contributed by atoms with Gasteiger partial charge < -0.3 is 15.2 Å². The predicted octanol–water partition coefficient (Wildman–Crippen LogP) is 3.37. The van der Waals surface area contributed by atoms with Crippen molar-refractivity contribution >= 4 is 23.5 Å². The fourth-order valence-electron chi connectivity index (χ4n) is 2.51. The Morgan fingerprint density at radius 3 is 2.44 bits per heavy atom. The second kappa shape index (κ2) is 7.15. The molecule has 2 aromatic rings. The molecule has 5 nitrogen and oxygen atoms in total. The van der Waals surface area contributed by atoms with Crippen LogP contribution in [-0.2, 0) is 9.59 Å². The van der Waals surface area contributed by atoms with Crippen LogP contribution in [0.3, 0.4) is 0 Å². The molecule has 2 aromatic carbocycles. The summed E-state index contributed by atoms with van der Waals surface area (Å²) >= 11 is 6.23. The molecular weight excluding hydrogens is 342 g/mol. The zero-order valence-corrected chi connectivity index (χ0v) is 14.3. The maximum absolute atomic E-state index is 11.8. The Hall–Kier alpha value is -2.53. The summed E-state index contributed by atoms with van der Waals surface area (Å²) in [5, 5.41) is 12.1. The quantitative estimate of drug-likeness (QED) is 0.794. The van der Waals surface area contributed by atoms with Crippen molar-refractivity contribution < 1.29 is 19.4 Å². The minimum Gasteiger partial charge on any atom is -0.482 e. The van der Waals surface area contributed by atoms with Crippen LogP contribution in [0.1, 0.15) is 12.8 Å². The van der Waals surface area contributed by atoms with E-state index in [2.05, 4.69) is 5.32 Å². The van der Waals surface area contributed by atoms with Crippen LogP contribution >= 0.6 is 11.6 Å². The summed E-state index contributed by atoms with van der Waals surface area (Å²) in [4.78, 5) is 22.9. The summed E-state index contributed by atoms with van der Waals surface area (Å²) in [6.07, 6.45) is 1.19. The molecule has 1 amide bonds. The molecule has 0 bridgehead atoms. The van der Waals surface area contributed by atoms with Gasteiger partial charge in [0.05, 0.1) is 10.4 Å². The summed E-state index contributed by atoms with van der Waals surface area (Å²) in [6.45, 7) is -0.0781. The SMILES string of the molecule is O=C(COc1ccc(-c2ccccc2)cc1Cl)NCC1(C(=O)O)CC1. The van der Waals surface area contributed by atoms with E-state index in [4.69, 9.17) is 21.4 Å². The number of carbonyl (C=O) groups excluding carboxylic acids is 1. The van der Waals surface area contributed by atoms with Gasteiger partial charge in [-0.15, -0.1) is 0 Å². The smallest absolute Gasteiger partial charge is 0.311 e. The Bertz CT molecular complexity index is 787. The molecule has 130 valence electrons. The average molecular weight is 360 g/mol. The van der Waals surface area contributed by atoms with Gasteiger partial charge in [-0.3, -0.25) is 9.59 Å². The van der Waals surface area contributed by atoms with E-state index >= 15 is 0 Å². The van der Waals surface area contributed by atoms with Gasteiger partial charge in [0.2, 0.25) is 0 Å². The van der Waals surface area contributed by atoms with E-state index in [1.807, 2.05) is 36.4 Å². The predicted molar refractivity (Wildman–Crippen MR) is 94.7 cm³/mol. The molecule has 1 saturated carbocycles. The first kappa shape index (κ1) is 17.3. The first-order valence-electron chi connectivity index (χ1n) is 7.98. The molecule has 0 radical (unpaired) electrons. The molecule has 2 N–H and O–H groups in total. The summed E-state index contributed by atoms with van der Waals surface area (Å²) in [6, 6.07) is 15.2. The lowest BCUT2D eigenvalue weighted by atomic mass is 10.1. The number of carboxylic acid groups (broad SMARTS) is 1. The van der Waals surface area contributed by atoms with E-state index in [0.717, 1.165) is 11.1 Å². The average Bonchev–Trinajstić information content (AvgIpc) is 3.41. The number of nitrogens with one attached hydrogen (secondary N) is 1. The standard InChI is InChI=1S/C19H18ClNO4/c20-15-10-14(13-4-2-1-3-5-13)6-7-16(15)25-11-17(22)21-12-19(8-9-19)18(23)24/h1-7,10H,8-9,11-12H2,(H,21,22)(H,23,24). The van der Waals surface area contributed by atoms with E-state index in [0.29, 0.717) is 23.6 Å². The Morgan fingerprint density at radius 1 is 1.12 bits per heavy atom. The molecule has 0 spiro atoms. The fourth-order valence-corrected chi connectivity index (χ4v) is 2.74. The molecule has 1 aliphatic rings. The van der Waals surface area contributed by atoms with E-state index in [9.17, 15) is 9.59 Å². The van der Waals surface area contributed by atoms with Crippen molar-refractivity contribution in [2.75, 3.05) is 13.2 Å². The van der Waals surface area contributed by atoms with Gasteiger partial charge in [0, 0.05) is 6.54 Å². The monoisotopic (exact) mass is 359 g/mol. The van der Waals surface area contributed by atoms with Crippen molar-refractivity contribution in [2.24, 2.45) is 5.41 Å². The summed E-state index contributed by atoms with van der Waals surface area (Å²) in [7, 11) is 0. The first-order valence-corrected chi connectivity index (χ1v) is 8.36. The normalized spacial score (nSPS) is 14.6. The lowest BCUT2D eigenvalue weighted by Gasteiger charge is -2.12. The molecule has 1 fully saturated rings. The van der Waals surface area contributed by atoms with Crippen LogP contribution in [0.25, 0.3) is 11.1 Å². The molecule has 25 heavy (non-hydrogen) atoms.